The number of fused-ring (bicyclic) bond motifs is 1. The molecular weight excluding hydrogens is 298 g/mol. The highest BCUT2D eigenvalue weighted by Crippen LogP contribution is 2.23. The molecule has 0 saturated carbocycles. The van der Waals surface area contributed by atoms with Crippen LogP contribution in [0.4, 0.5) is 11.5 Å². The number of anilines is 1. The van der Waals surface area contributed by atoms with Gasteiger partial charge in [-0.3, -0.25) is 24.3 Å². The number of rotatable bonds is 4. The number of aromatic nitrogens is 3. The molecule has 0 bridgehead atoms. The van der Waals surface area contributed by atoms with Crippen molar-refractivity contribution in [3.05, 3.63) is 75.0 Å². The molecule has 0 amide bonds. The molecule has 116 valence electrons. The molecule has 3 aromatic heterocycles. The van der Waals surface area contributed by atoms with E-state index in [2.05, 4.69) is 9.97 Å². The molecule has 0 aliphatic rings. The van der Waals surface area contributed by atoms with Crippen LogP contribution in [0.25, 0.3) is 5.65 Å². The highest BCUT2D eigenvalue weighted by Gasteiger charge is 2.26. The van der Waals surface area contributed by atoms with Gasteiger partial charge in [-0.05, 0) is 29.8 Å². The summed E-state index contributed by atoms with van der Waals surface area (Å²) < 4.78 is 1.17. The van der Waals surface area contributed by atoms with Gasteiger partial charge in [0.25, 0.3) is 0 Å². The lowest BCUT2D eigenvalue weighted by Crippen LogP contribution is -2.26. The van der Waals surface area contributed by atoms with Crippen LogP contribution in [0.1, 0.15) is 5.56 Å². The molecule has 23 heavy (non-hydrogen) atoms. The quantitative estimate of drug-likeness (QED) is 0.537. The Morgan fingerprint density at radius 3 is 2.70 bits per heavy atom. The van der Waals surface area contributed by atoms with Crippen LogP contribution in [0.3, 0.4) is 0 Å². The molecule has 0 unspecified atom stereocenters. The van der Waals surface area contributed by atoms with Crippen molar-refractivity contribution < 1.29 is 4.92 Å². The molecule has 8 heteroatoms. The van der Waals surface area contributed by atoms with Crippen LogP contribution in [0.2, 0.25) is 0 Å². The summed E-state index contributed by atoms with van der Waals surface area (Å²) in [4.78, 5) is 32.9. The van der Waals surface area contributed by atoms with E-state index < -0.39 is 16.2 Å². The predicted octanol–water partition coefficient (Wildman–Crippen LogP) is 1.63. The Balaban J connectivity index is 2.14. The lowest BCUT2D eigenvalue weighted by Gasteiger charge is -2.18. The van der Waals surface area contributed by atoms with Crippen molar-refractivity contribution in [2.24, 2.45) is 0 Å². The first kappa shape index (κ1) is 14.6. The minimum atomic E-state index is -0.697. The first-order valence-electron chi connectivity index (χ1n) is 6.84. The molecular formula is C15H13N5O3. The Labute approximate surface area is 130 Å². The highest BCUT2D eigenvalue weighted by atomic mass is 16.6. The molecule has 0 aliphatic carbocycles. The van der Waals surface area contributed by atoms with Gasteiger partial charge in [0.1, 0.15) is 5.65 Å². The number of hydrogen-bond donors (Lipinski definition) is 0. The van der Waals surface area contributed by atoms with Crippen LogP contribution in [-0.4, -0.2) is 26.3 Å². The smallest absolute Gasteiger partial charge is 0.349 e. The number of nitro groups is 1. The van der Waals surface area contributed by atoms with Gasteiger partial charge in [0.2, 0.25) is 5.82 Å². The number of pyridine rings is 2. The highest BCUT2D eigenvalue weighted by molar-refractivity contribution is 5.61. The Morgan fingerprint density at radius 1 is 1.26 bits per heavy atom. The zero-order valence-corrected chi connectivity index (χ0v) is 12.3. The third kappa shape index (κ3) is 2.73. The third-order valence-electron chi connectivity index (χ3n) is 3.41. The molecule has 0 aromatic carbocycles. The first-order chi connectivity index (χ1) is 11.1. The van der Waals surface area contributed by atoms with Crippen LogP contribution in [0.15, 0.2) is 53.7 Å². The molecule has 3 aromatic rings. The summed E-state index contributed by atoms with van der Waals surface area (Å²) in [6.07, 6.45) is 4.74. The van der Waals surface area contributed by atoms with E-state index in [1.54, 1.807) is 54.7 Å². The zero-order chi connectivity index (χ0) is 16.4. The Morgan fingerprint density at radius 2 is 2.00 bits per heavy atom. The van der Waals surface area contributed by atoms with Crippen LogP contribution in [0.5, 0.6) is 0 Å². The van der Waals surface area contributed by atoms with Crippen LogP contribution < -0.4 is 10.5 Å². The van der Waals surface area contributed by atoms with Gasteiger partial charge in [-0.25, -0.2) is 4.98 Å². The standard InChI is InChI=1S/C15H13N5O3/c1-18(10-11-5-7-16-8-6-11)14-13(20(22)23)15(21)19-9-3-2-4-12(19)17-14/h2-9H,10H2,1H3. The van der Waals surface area contributed by atoms with Crippen LogP contribution in [0, 0.1) is 10.1 Å². The monoisotopic (exact) mass is 311 g/mol. The van der Waals surface area contributed by atoms with E-state index in [1.165, 1.54) is 10.6 Å². The maximum absolute atomic E-state index is 12.4. The summed E-state index contributed by atoms with van der Waals surface area (Å²) in [7, 11) is 1.66. The third-order valence-corrected chi connectivity index (χ3v) is 3.41. The first-order valence-corrected chi connectivity index (χ1v) is 6.84. The van der Waals surface area contributed by atoms with Crippen LogP contribution in [-0.2, 0) is 6.54 Å². The molecule has 0 N–H and O–H groups in total. The maximum atomic E-state index is 12.4. The summed E-state index contributed by atoms with van der Waals surface area (Å²) in [6.45, 7) is 0.374. The Kier molecular flexibility index (Phi) is 3.71. The lowest BCUT2D eigenvalue weighted by atomic mass is 10.2. The Bertz CT molecular complexity index is 923. The molecule has 0 fully saturated rings. The molecule has 0 radical (unpaired) electrons. The molecule has 3 rings (SSSR count). The second-order valence-electron chi connectivity index (χ2n) is 4.99. The molecule has 0 atom stereocenters. The summed E-state index contributed by atoms with van der Waals surface area (Å²) >= 11 is 0. The molecule has 0 spiro atoms. The van der Waals surface area contributed by atoms with E-state index in [4.69, 9.17) is 0 Å². The van der Waals surface area contributed by atoms with E-state index in [0.29, 0.717) is 12.2 Å². The normalized spacial score (nSPS) is 10.7. The summed E-state index contributed by atoms with van der Waals surface area (Å²) in [5, 5.41) is 11.4. The second-order valence-corrected chi connectivity index (χ2v) is 4.99. The van der Waals surface area contributed by atoms with Crippen molar-refractivity contribution in [2.75, 3.05) is 11.9 Å². The van der Waals surface area contributed by atoms with Gasteiger partial charge in [-0.15, -0.1) is 0 Å². The van der Waals surface area contributed by atoms with E-state index >= 15 is 0 Å². The van der Waals surface area contributed by atoms with Gasteiger partial charge in [0.05, 0.1) is 4.92 Å². The Hall–Kier alpha value is -3.29. The van der Waals surface area contributed by atoms with Crippen molar-refractivity contribution in [1.82, 2.24) is 14.4 Å². The van der Waals surface area contributed by atoms with Crippen molar-refractivity contribution in [2.45, 2.75) is 6.54 Å². The van der Waals surface area contributed by atoms with Crippen LogP contribution >= 0.6 is 0 Å². The number of nitrogens with zero attached hydrogens (tertiary/aromatic N) is 5. The van der Waals surface area contributed by atoms with Gasteiger partial charge in [-0.2, -0.15) is 0 Å². The zero-order valence-electron chi connectivity index (χ0n) is 12.3. The molecule has 0 aliphatic heterocycles. The fourth-order valence-corrected chi connectivity index (χ4v) is 2.33. The fraction of sp³-hybridized carbons (Fsp3) is 0.133. The SMILES string of the molecule is CN(Cc1ccncc1)c1nc2ccccn2c(=O)c1[N+](=O)[O-]. The number of hydrogen-bond acceptors (Lipinski definition) is 6. The maximum Gasteiger partial charge on any atom is 0.376 e. The molecule has 8 nitrogen and oxygen atoms in total. The lowest BCUT2D eigenvalue weighted by molar-refractivity contribution is -0.385. The van der Waals surface area contributed by atoms with Crippen molar-refractivity contribution in [3.8, 4) is 0 Å². The van der Waals surface area contributed by atoms with Gasteiger partial charge in [0, 0.05) is 32.2 Å². The largest absolute Gasteiger partial charge is 0.376 e. The van der Waals surface area contributed by atoms with Gasteiger partial charge < -0.3 is 4.90 Å². The van der Waals surface area contributed by atoms with E-state index in [-0.39, 0.29) is 5.82 Å². The van der Waals surface area contributed by atoms with E-state index in [0.717, 1.165) is 5.56 Å². The minimum Gasteiger partial charge on any atom is -0.349 e. The summed E-state index contributed by atoms with van der Waals surface area (Å²) in [6, 6.07) is 8.59. The second kappa shape index (κ2) is 5.84. The van der Waals surface area contributed by atoms with Crippen molar-refractivity contribution in [3.63, 3.8) is 0 Å². The van der Waals surface area contributed by atoms with Gasteiger partial charge in [0.15, 0.2) is 0 Å². The topological polar surface area (TPSA) is 93.6 Å². The van der Waals surface area contributed by atoms with E-state index in [1.807, 2.05) is 0 Å². The summed E-state index contributed by atoms with van der Waals surface area (Å²) in [5.41, 5.74) is 0.0361. The van der Waals surface area contributed by atoms with Gasteiger partial charge in [-0.1, -0.05) is 6.07 Å². The average molecular weight is 311 g/mol. The predicted molar refractivity (Wildman–Crippen MR) is 84.5 cm³/mol. The fourth-order valence-electron chi connectivity index (χ4n) is 2.33. The van der Waals surface area contributed by atoms with Gasteiger partial charge >= 0.3 is 11.2 Å². The van der Waals surface area contributed by atoms with Crippen molar-refractivity contribution >= 4 is 17.2 Å². The minimum absolute atomic E-state index is 0.0445. The van der Waals surface area contributed by atoms with E-state index in [9.17, 15) is 14.9 Å². The molecule has 3 heterocycles. The average Bonchev–Trinajstić information content (AvgIpc) is 2.55. The molecule has 0 saturated heterocycles. The summed E-state index contributed by atoms with van der Waals surface area (Å²) in [5.74, 6) is 0.0445. The van der Waals surface area contributed by atoms with Crippen molar-refractivity contribution in [1.29, 1.82) is 0 Å².